The molecule has 0 aliphatic rings. The zero-order valence-corrected chi connectivity index (χ0v) is 17.4. The molecule has 0 saturated carbocycles. The molecule has 1 unspecified atom stereocenters. The van der Waals surface area contributed by atoms with E-state index in [0.717, 1.165) is 16.8 Å². The van der Waals surface area contributed by atoms with E-state index in [0.29, 0.717) is 30.3 Å². The fourth-order valence-electron chi connectivity index (χ4n) is 2.12. The van der Waals surface area contributed by atoms with Crippen LogP contribution in [-0.2, 0) is 25.5 Å². The lowest BCUT2D eigenvalue weighted by Crippen LogP contribution is -2.28. The highest BCUT2D eigenvalue weighted by Crippen LogP contribution is 2.17. The molecule has 1 aromatic carbocycles. The summed E-state index contributed by atoms with van der Waals surface area (Å²) < 4.78 is 26.3. The number of nitrogens with one attached hydrogen (secondary N) is 3. The van der Waals surface area contributed by atoms with Crippen LogP contribution in [0, 0.1) is 0 Å². The average Bonchev–Trinajstić information content (AvgIpc) is 2.60. The monoisotopic (exact) mass is 420 g/mol. The van der Waals surface area contributed by atoms with E-state index in [4.69, 9.17) is 7.85 Å². The lowest BCUT2D eigenvalue weighted by atomic mass is 9.99. The summed E-state index contributed by atoms with van der Waals surface area (Å²) in [4.78, 5) is 20.1. The zero-order valence-electron chi connectivity index (χ0n) is 15.8. The third kappa shape index (κ3) is 7.27. The van der Waals surface area contributed by atoms with Gasteiger partial charge in [0.15, 0.2) is 0 Å². The number of amides is 1. The molecule has 12 heteroatoms. The Morgan fingerprint density at radius 2 is 1.93 bits per heavy atom. The summed E-state index contributed by atoms with van der Waals surface area (Å²) in [6.07, 6.45) is 4.30. The number of rotatable bonds is 8. The Bertz CT molecular complexity index is 980. The topological polar surface area (TPSA) is 125 Å². The van der Waals surface area contributed by atoms with Gasteiger partial charge in [-0.1, -0.05) is 10.7 Å². The van der Waals surface area contributed by atoms with Gasteiger partial charge in [-0.15, -0.1) is 3.77 Å². The van der Waals surface area contributed by atoms with Gasteiger partial charge in [0.25, 0.3) is 10.0 Å². The summed E-state index contributed by atoms with van der Waals surface area (Å²) in [5.41, 5.74) is 1.12. The largest absolute Gasteiger partial charge is 0.369 e. The van der Waals surface area contributed by atoms with Crippen molar-refractivity contribution >= 4 is 57.4 Å². The molecule has 0 spiro atoms. The minimum Gasteiger partial charge on any atom is -0.369 e. The van der Waals surface area contributed by atoms with E-state index in [1.54, 1.807) is 30.5 Å². The maximum Gasteiger partial charge on any atom is 0.256 e. The molecule has 1 atom stereocenters. The Balaban J connectivity index is 2.06. The van der Waals surface area contributed by atoms with E-state index >= 15 is 0 Å². The van der Waals surface area contributed by atoms with Gasteiger partial charge in [0.2, 0.25) is 11.9 Å². The number of carbonyl (C=O) groups excluding carboxylic acids is 1. The Hall–Kier alpha value is -2.47. The SMILES string of the molecule is [B]c1cnc(Nc2ccc(S(C)=NS(C)(=O)=O)cc2)nc1NCCNC(C)=O. The number of aromatic nitrogens is 2. The van der Waals surface area contributed by atoms with Crippen LogP contribution >= 0.6 is 0 Å². The minimum atomic E-state index is -3.39. The van der Waals surface area contributed by atoms with Crippen molar-refractivity contribution < 1.29 is 13.2 Å². The molecule has 0 bridgehead atoms. The van der Waals surface area contributed by atoms with Crippen LogP contribution in [0.3, 0.4) is 0 Å². The van der Waals surface area contributed by atoms with E-state index in [1.807, 2.05) is 0 Å². The molecule has 1 amide bonds. The van der Waals surface area contributed by atoms with Crippen LogP contribution in [0.2, 0.25) is 0 Å². The number of hydrogen-bond donors (Lipinski definition) is 3. The molecular formula is C16H21BN6O3S2. The van der Waals surface area contributed by atoms with E-state index in [1.165, 1.54) is 13.1 Å². The summed E-state index contributed by atoms with van der Waals surface area (Å²) in [6.45, 7) is 2.36. The average molecular weight is 420 g/mol. The predicted molar refractivity (Wildman–Crippen MR) is 113 cm³/mol. The van der Waals surface area contributed by atoms with Gasteiger partial charge in [0.05, 0.1) is 6.26 Å². The summed E-state index contributed by atoms with van der Waals surface area (Å²) in [5, 5.41) is 8.77. The van der Waals surface area contributed by atoms with Crippen molar-refractivity contribution in [3.8, 4) is 0 Å². The van der Waals surface area contributed by atoms with Gasteiger partial charge in [-0.2, -0.15) is 4.98 Å². The van der Waals surface area contributed by atoms with Crippen LogP contribution in [0.5, 0.6) is 0 Å². The molecule has 2 radical (unpaired) electrons. The number of hydrogen-bond acceptors (Lipinski definition) is 7. The molecule has 2 aromatic rings. The van der Waals surface area contributed by atoms with Crippen molar-refractivity contribution in [1.29, 1.82) is 0 Å². The molecule has 1 aromatic heterocycles. The molecule has 0 aliphatic carbocycles. The normalized spacial score (nSPS) is 12.4. The molecule has 3 N–H and O–H groups in total. The fourth-order valence-corrected chi connectivity index (χ4v) is 4.62. The molecular weight excluding hydrogens is 399 g/mol. The summed E-state index contributed by atoms with van der Waals surface area (Å²) >= 11 is 0. The second kappa shape index (κ2) is 9.65. The number of benzene rings is 1. The highest BCUT2D eigenvalue weighted by Gasteiger charge is 2.05. The van der Waals surface area contributed by atoms with Crippen LogP contribution in [0.1, 0.15) is 6.92 Å². The van der Waals surface area contributed by atoms with Crippen molar-refractivity contribution in [1.82, 2.24) is 15.3 Å². The third-order valence-electron chi connectivity index (χ3n) is 3.31. The van der Waals surface area contributed by atoms with Gasteiger partial charge >= 0.3 is 0 Å². The summed E-state index contributed by atoms with van der Waals surface area (Å²) in [7, 11) is 1.72. The van der Waals surface area contributed by atoms with Gasteiger partial charge in [0.1, 0.15) is 13.7 Å². The number of anilines is 3. The highest BCUT2D eigenvalue weighted by molar-refractivity contribution is 7.99. The lowest BCUT2D eigenvalue weighted by molar-refractivity contribution is -0.118. The second-order valence-electron chi connectivity index (χ2n) is 5.84. The number of sulfonamides is 1. The summed E-state index contributed by atoms with van der Waals surface area (Å²) in [6, 6.07) is 7.18. The molecule has 9 nitrogen and oxygen atoms in total. The third-order valence-corrected chi connectivity index (χ3v) is 6.24. The van der Waals surface area contributed by atoms with Gasteiger partial charge in [-0.05, 0) is 36.0 Å². The first kappa shape index (κ1) is 21.8. The Kier molecular flexibility index (Phi) is 7.52. The van der Waals surface area contributed by atoms with E-state index in [-0.39, 0.29) is 5.91 Å². The first-order valence-electron chi connectivity index (χ1n) is 8.21. The second-order valence-corrected chi connectivity index (χ2v) is 9.33. The molecule has 28 heavy (non-hydrogen) atoms. The summed E-state index contributed by atoms with van der Waals surface area (Å²) in [5.74, 6) is 0.698. The van der Waals surface area contributed by atoms with Gasteiger partial charge < -0.3 is 16.0 Å². The lowest BCUT2D eigenvalue weighted by Gasteiger charge is -2.12. The first-order chi connectivity index (χ1) is 13.1. The highest BCUT2D eigenvalue weighted by atomic mass is 32.3. The van der Waals surface area contributed by atoms with Crippen LogP contribution in [0.25, 0.3) is 0 Å². The van der Waals surface area contributed by atoms with Crippen LogP contribution in [0.4, 0.5) is 17.5 Å². The van der Waals surface area contributed by atoms with Crippen LogP contribution in [0.15, 0.2) is 39.1 Å². The smallest absolute Gasteiger partial charge is 0.256 e. The maximum absolute atomic E-state index is 11.3. The predicted octanol–water partition coefficient (Wildman–Crippen LogP) is 0.312. The minimum absolute atomic E-state index is 0.109. The van der Waals surface area contributed by atoms with Gasteiger partial charge in [-0.3, -0.25) is 4.79 Å². The van der Waals surface area contributed by atoms with Crippen molar-refractivity contribution in [3.05, 3.63) is 30.5 Å². The van der Waals surface area contributed by atoms with E-state index < -0.39 is 20.7 Å². The molecule has 0 saturated heterocycles. The molecule has 148 valence electrons. The zero-order chi connectivity index (χ0) is 20.7. The van der Waals surface area contributed by atoms with Crippen LogP contribution in [-0.4, -0.2) is 57.7 Å². The van der Waals surface area contributed by atoms with Crippen LogP contribution < -0.4 is 21.4 Å². The van der Waals surface area contributed by atoms with Crippen molar-refractivity contribution in [2.75, 3.05) is 36.2 Å². The van der Waals surface area contributed by atoms with E-state index in [2.05, 4.69) is 29.7 Å². The number of nitrogens with zero attached hydrogens (tertiary/aromatic N) is 3. The fraction of sp³-hybridized carbons (Fsp3) is 0.312. The van der Waals surface area contributed by atoms with Crippen molar-refractivity contribution in [2.24, 2.45) is 3.77 Å². The van der Waals surface area contributed by atoms with Crippen molar-refractivity contribution in [2.45, 2.75) is 11.8 Å². The Morgan fingerprint density at radius 1 is 1.25 bits per heavy atom. The number of carbonyl (C=O) groups is 1. The molecule has 0 aliphatic heterocycles. The molecule has 0 fully saturated rings. The molecule has 1 heterocycles. The van der Waals surface area contributed by atoms with Gasteiger partial charge in [-0.25, -0.2) is 13.4 Å². The Labute approximate surface area is 168 Å². The molecule has 2 rings (SSSR count). The van der Waals surface area contributed by atoms with Crippen molar-refractivity contribution in [3.63, 3.8) is 0 Å². The quantitative estimate of drug-likeness (QED) is 0.415. The standard InChI is InChI=1S/C16H21BN6O3S2/c1-11(24)18-8-9-19-15-14(17)10-20-16(22-15)21-12-4-6-13(7-5-12)27(2)23-28(3,25)26/h4-7,10H,8-9H2,1-3H3,(H,18,24)(H2,19,20,21,22). The first-order valence-corrected chi connectivity index (χ1v) is 11.6. The maximum atomic E-state index is 11.3. The van der Waals surface area contributed by atoms with Gasteiger partial charge in [0, 0.05) is 36.8 Å². The Morgan fingerprint density at radius 3 is 2.54 bits per heavy atom. The van der Waals surface area contributed by atoms with E-state index in [9.17, 15) is 13.2 Å².